The Morgan fingerprint density at radius 1 is 0.955 bits per heavy atom. The van der Waals surface area contributed by atoms with Crippen LogP contribution in [-0.2, 0) is 9.53 Å². The molecule has 1 atom stereocenters. The van der Waals surface area contributed by atoms with E-state index in [1.165, 1.54) is 70.6 Å². The maximum Gasteiger partial charge on any atom is 0.311 e. The Morgan fingerprint density at radius 3 is 2.09 bits per heavy atom. The standard InChI is InChI=1S/C20H38O2/c1-4-5-6-7-8-9-10-11-12-13-15-18-16-14-17-22-19(21)20(18,2)3/h18H,4-17H2,1-3H3. The second-order valence-corrected chi connectivity index (χ2v) is 7.67. The Balaban J connectivity index is 2.05. The zero-order valence-electron chi connectivity index (χ0n) is 15.3. The fourth-order valence-electron chi connectivity index (χ4n) is 3.59. The van der Waals surface area contributed by atoms with Crippen LogP contribution in [0.3, 0.4) is 0 Å². The fraction of sp³-hybridized carbons (Fsp3) is 0.950. The molecular weight excluding hydrogens is 272 g/mol. The van der Waals surface area contributed by atoms with Crippen molar-refractivity contribution in [3.8, 4) is 0 Å². The van der Waals surface area contributed by atoms with Gasteiger partial charge < -0.3 is 4.74 Å². The Labute approximate surface area is 138 Å². The number of hydrogen-bond acceptors (Lipinski definition) is 2. The van der Waals surface area contributed by atoms with Crippen molar-refractivity contribution >= 4 is 5.97 Å². The Hall–Kier alpha value is -0.530. The topological polar surface area (TPSA) is 26.3 Å². The predicted octanol–water partition coefficient (Wildman–Crippen LogP) is 6.28. The van der Waals surface area contributed by atoms with E-state index in [1.807, 2.05) is 0 Å². The first-order chi connectivity index (χ1) is 10.6. The predicted molar refractivity (Wildman–Crippen MR) is 93.9 cm³/mol. The van der Waals surface area contributed by atoms with Gasteiger partial charge in [0.2, 0.25) is 0 Å². The first-order valence-electron chi connectivity index (χ1n) is 9.76. The molecule has 0 saturated carbocycles. The molecular formula is C20H38O2. The van der Waals surface area contributed by atoms with Crippen LogP contribution in [0.4, 0.5) is 0 Å². The number of esters is 1. The van der Waals surface area contributed by atoms with Gasteiger partial charge in [-0.15, -0.1) is 0 Å². The minimum Gasteiger partial charge on any atom is -0.465 e. The van der Waals surface area contributed by atoms with Crippen molar-refractivity contribution in [2.45, 2.75) is 104 Å². The molecule has 0 N–H and O–H groups in total. The second-order valence-electron chi connectivity index (χ2n) is 7.67. The first-order valence-corrected chi connectivity index (χ1v) is 9.76. The Bertz CT molecular complexity index is 296. The van der Waals surface area contributed by atoms with E-state index >= 15 is 0 Å². The van der Waals surface area contributed by atoms with E-state index in [1.54, 1.807) is 0 Å². The molecule has 0 aromatic rings. The number of hydrogen-bond donors (Lipinski definition) is 0. The third-order valence-corrected chi connectivity index (χ3v) is 5.38. The summed E-state index contributed by atoms with van der Waals surface area (Å²) in [6, 6.07) is 0. The van der Waals surface area contributed by atoms with Crippen molar-refractivity contribution in [3.05, 3.63) is 0 Å². The van der Waals surface area contributed by atoms with Crippen molar-refractivity contribution in [2.75, 3.05) is 6.61 Å². The van der Waals surface area contributed by atoms with E-state index in [4.69, 9.17) is 4.74 Å². The van der Waals surface area contributed by atoms with Gasteiger partial charge in [-0.1, -0.05) is 71.1 Å². The largest absolute Gasteiger partial charge is 0.465 e. The summed E-state index contributed by atoms with van der Waals surface area (Å²) in [6.45, 7) is 7.04. The van der Waals surface area contributed by atoms with Crippen molar-refractivity contribution in [1.29, 1.82) is 0 Å². The molecule has 0 aliphatic carbocycles. The number of rotatable bonds is 11. The average Bonchev–Trinajstić information content (AvgIpc) is 2.61. The average molecular weight is 311 g/mol. The van der Waals surface area contributed by atoms with Gasteiger partial charge in [-0.3, -0.25) is 4.79 Å². The molecule has 0 spiro atoms. The van der Waals surface area contributed by atoms with Gasteiger partial charge >= 0.3 is 5.97 Å². The number of carbonyl (C=O) groups excluding carboxylic acids is 1. The van der Waals surface area contributed by atoms with Gasteiger partial charge in [0.25, 0.3) is 0 Å². The number of ether oxygens (including phenoxy) is 1. The molecule has 2 heteroatoms. The maximum absolute atomic E-state index is 12.0. The van der Waals surface area contributed by atoms with Crippen LogP contribution in [0.25, 0.3) is 0 Å². The van der Waals surface area contributed by atoms with Crippen LogP contribution in [-0.4, -0.2) is 12.6 Å². The van der Waals surface area contributed by atoms with E-state index in [0.717, 1.165) is 12.8 Å². The van der Waals surface area contributed by atoms with Gasteiger partial charge in [-0.05, 0) is 39.0 Å². The lowest BCUT2D eigenvalue weighted by Gasteiger charge is -2.29. The van der Waals surface area contributed by atoms with E-state index in [9.17, 15) is 4.79 Å². The zero-order chi connectivity index (χ0) is 16.3. The van der Waals surface area contributed by atoms with E-state index in [2.05, 4.69) is 20.8 Å². The molecule has 0 aromatic carbocycles. The Kier molecular flexibility index (Phi) is 9.82. The summed E-state index contributed by atoms with van der Waals surface area (Å²) in [5, 5.41) is 0. The molecule has 0 radical (unpaired) electrons. The molecule has 0 bridgehead atoms. The van der Waals surface area contributed by atoms with Gasteiger partial charge in [0, 0.05) is 0 Å². The molecule has 0 amide bonds. The van der Waals surface area contributed by atoms with Crippen LogP contribution in [0.2, 0.25) is 0 Å². The third-order valence-electron chi connectivity index (χ3n) is 5.38. The van der Waals surface area contributed by atoms with Crippen LogP contribution in [0.15, 0.2) is 0 Å². The fourth-order valence-corrected chi connectivity index (χ4v) is 3.59. The normalized spacial score (nSPS) is 21.4. The van der Waals surface area contributed by atoms with Crippen LogP contribution in [0.5, 0.6) is 0 Å². The molecule has 1 heterocycles. The molecule has 1 unspecified atom stereocenters. The lowest BCUT2D eigenvalue weighted by atomic mass is 9.74. The summed E-state index contributed by atoms with van der Waals surface area (Å²) in [7, 11) is 0. The van der Waals surface area contributed by atoms with Gasteiger partial charge in [-0.2, -0.15) is 0 Å². The van der Waals surface area contributed by atoms with Crippen LogP contribution < -0.4 is 0 Å². The molecule has 22 heavy (non-hydrogen) atoms. The summed E-state index contributed by atoms with van der Waals surface area (Å²) < 4.78 is 5.31. The maximum atomic E-state index is 12.0. The lowest BCUT2D eigenvalue weighted by molar-refractivity contribution is -0.154. The molecule has 1 aliphatic heterocycles. The van der Waals surface area contributed by atoms with Gasteiger partial charge in [-0.25, -0.2) is 0 Å². The molecule has 2 nitrogen and oxygen atoms in total. The van der Waals surface area contributed by atoms with Crippen molar-refractivity contribution < 1.29 is 9.53 Å². The van der Waals surface area contributed by atoms with Crippen molar-refractivity contribution in [1.82, 2.24) is 0 Å². The van der Waals surface area contributed by atoms with Crippen LogP contribution in [0, 0.1) is 11.3 Å². The monoisotopic (exact) mass is 310 g/mol. The molecule has 1 saturated heterocycles. The third kappa shape index (κ3) is 7.15. The van der Waals surface area contributed by atoms with E-state index in [0.29, 0.717) is 12.5 Å². The quantitative estimate of drug-likeness (QED) is 0.332. The first kappa shape index (κ1) is 19.5. The number of carbonyl (C=O) groups is 1. The van der Waals surface area contributed by atoms with Crippen LogP contribution >= 0.6 is 0 Å². The summed E-state index contributed by atoms with van der Waals surface area (Å²) in [4.78, 5) is 12.0. The van der Waals surface area contributed by atoms with Crippen LogP contribution in [0.1, 0.15) is 104 Å². The summed E-state index contributed by atoms with van der Waals surface area (Å²) >= 11 is 0. The number of unbranched alkanes of at least 4 members (excludes halogenated alkanes) is 9. The number of cyclic esters (lactones) is 1. The SMILES string of the molecule is CCCCCCCCCCCCC1CCCOC(=O)C1(C)C. The minimum absolute atomic E-state index is 0.0158. The Morgan fingerprint density at radius 2 is 1.50 bits per heavy atom. The molecule has 1 rings (SSSR count). The molecule has 130 valence electrons. The minimum atomic E-state index is -0.282. The summed E-state index contributed by atoms with van der Waals surface area (Å²) in [6.07, 6.45) is 17.2. The van der Waals surface area contributed by atoms with E-state index in [-0.39, 0.29) is 11.4 Å². The highest BCUT2D eigenvalue weighted by atomic mass is 16.5. The zero-order valence-corrected chi connectivity index (χ0v) is 15.3. The summed E-state index contributed by atoms with van der Waals surface area (Å²) in [5.74, 6) is 0.527. The van der Waals surface area contributed by atoms with Gasteiger partial charge in [0.05, 0.1) is 12.0 Å². The highest BCUT2D eigenvalue weighted by Gasteiger charge is 2.39. The molecule has 1 aliphatic rings. The van der Waals surface area contributed by atoms with Crippen molar-refractivity contribution in [3.63, 3.8) is 0 Å². The summed E-state index contributed by atoms with van der Waals surface area (Å²) in [5.41, 5.74) is -0.282. The highest BCUT2D eigenvalue weighted by molar-refractivity contribution is 5.76. The second kappa shape index (κ2) is 11.1. The van der Waals surface area contributed by atoms with Gasteiger partial charge in [0.1, 0.15) is 0 Å². The van der Waals surface area contributed by atoms with Gasteiger partial charge in [0.15, 0.2) is 0 Å². The van der Waals surface area contributed by atoms with Crippen molar-refractivity contribution in [2.24, 2.45) is 11.3 Å². The molecule has 0 aromatic heterocycles. The van der Waals surface area contributed by atoms with E-state index < -0.39 is 0 Å². The smallest absolute Gasteiger partial charge is 0.311 e. The molecule has 1 fully saturated rings. The highest BCUT2D eigenvalue weighted by Crippen LogP contribution is 2.37. The lowest BCUT2D eigenvalue weighted by Crippen LogP contribution is -2.32.